The molecule has 2 nitrogen and oxygen atoms in total. The predicted molar refractivity (Wildman–Crippen MR) is 99.8 cm³/mol. The van der Waals surface area contributed by atoms with Gasteiger partial charge in [0.25, 0.3) is 0 Å². The molecule has 2 aromatic carbocycles. The van der Waals surface area contributed by atoms with E-state index in [-0.39, 0.29) is 5.41 Å². The highest BCUT2D eigenvalue weighted by atomic mass is 16.5. The number of rotatable bonds is 1. The fourth-order valence-electron chi connectivity index (χ4n) is 3.34. The van der Waals surface area contributed by atoms with Gasteiger partial charge in [-0.2, -0.15) is 0 Å². The van der Waals surface area contributed by atoms with Gasteiger partial charge in [-0.3, -0.25) is 0 Å². The molecule has 0 saturated heterocycles. The summed E-state index contributed by atoms with van der Waals surface area (Å²) in [6.07, 6.45) is 6.35. The van der Waals surface area contributed by atoms with Crippen molar-refractivity contribution in [3.63, 3.8) is 0 Å². The Hall–Kier alpha value is -2.48. The molecule has 24 heavy (non-hydrogen) atoms. The van der Waals surface area contributed by atoms with Crippen molar-refractivity contribution in [1.29, 1.82) is 0 Å². The minimum absolute atomic E-state index is 0.166. The molecular weight excluding hydrogens is 294 g/mol. The van der Waals surface area contributed by atoms with Crippen molar-refractivity contribution in [3.8, 4) is 5.75 Å². The van der Waals surface area contributed by atoms with E-state index in [1.165, 1.54) is 16.9 Å². The van der Waals surface area contributed by atoms with Crippen LogP contribution in [-0.4, -0.2) is 0 Å². The zero-order chi connectivity index (χ0) is 16.7. The van der Waals surface area contributed by atoms with Crippen molar-refractivity contribution in [3.05, 3.63) is 77.7 Å². The number of hydrogen-bond donors (Lipinski definition) is 0. The van der Waals surface area contributed by atoms with E-state index in [2.05, 4.69) is 74.2 Å². The standard InChI is InChI=1S/C22H23NO/c1-22(2,3)16-12-14-17(15-13-16)23-18-8-4-6-10-20(18)24-21-11-7-5-9-19(21)23/h4,6-8,10-15H,5,9H2,1-3H3. The van der Waals surface area contributed by atoms with Gasteiger partial charge >= 0.3 is 0 Å². The number of nitrogens with zero attached hydrogens (tertiary/aromatic N) is 1. The maximum atomic E-state index is 6.12. The number of fused-ring (bicyclic) bond motifs is 1. The molecule has 122 valence electrons. The molecule has 0 N–H and O–H groups in total. The summed E-state index contributed by atoms with van der Waals surface area (Å²) in [7, 11) is 0. The van der Waals surface area contributed by atoms with Crippen LogP contribution in [-0.2, 0) is 5.41 Å². The molecule has 1 aliphatic carbocycles. The Morgan fingerprint density at radius 3 is 2.46 bits per heavy atom. The van der Waals surface area contributed by atoms with Crippen LogP contribution in [0.1, 0.15) is 39.2 Å². The van der Waals surface area contributed by atoms with Crippen LogP contribution in [0.4, 0.5) is 11.4 Å². The average molecular weight is 317 g/mol. The number of allylic oxidation sites excluding steroid dienone is 3. The first-order valence-electron chi connectivity index (χ1n) is 8.61. The highest BCUT2D eigenvalue weighted by Crippen LogP contribution is 2.45. The summed E-state index contributed by atoms with van der Waals surface area (Å²) in [5.74, 6) is 1.89. The minimum Gasteiger partial charge on any atom is -0.453 e. The van der Waals surface area contributed by atoms with E-state index in [0.29, 0.717) is 0 Å². The molecule has 0 aromatic heterocycles. The maximum Gasteiger partial charge on any atom is 0.151 e. The lowest BCUT2D eigenvalue weighted by Gasteiger charge is -2.35. The van der Waals surface area contributed by atoms with Crippen LogP contribution in [0.2, 0.25) is 0 Å². The van der Waals surface area contributed by atoms with Crippen LogP contribution in [0.5, 0.6) is 5.75 Å². The monoisotopic (exact) mass is 317 g/mol. The Morgan fingerprint density at radius 2 is 1.71 bits per heavy atom. The maximum absolute atomic E-state index is 6.12. The number of ether oxygens (including phenoxy) is 1. The van der Waals surface area contributed by atoms with E-state index in [4.69, 9.17) is 4.74 Å². The van der Waals surface area contributed by atoms with Crippen LogP contribution in [0.15, 0.2) is 72.1 Å². The van der Waals surface area contributed by atoms with Crippen LogP contribution >= 0.6 is 0 Å². The Balaban J connectivity index is 1.83. The normalized spacial score (nSPS) is 16.5. The number of para-hydroxylation sites is 2. The van der Waals surface area contributed by atoms with Gasteiger partial charge in [-0.1, -0.05) is 51.1 Å². The molecule has 0 fully saturated rings. The molecule has 0 radical (unpaired) electrons. The molecule has 1 heterocycles. The van der Waals surface area contributed by atoms with E-state index < -0.39 is 0 Å². The lowest BCUT2D eigenvalue weighted by Crippen LogP contribution is -2.25. The third-order valence-electron chi connectivity index (χ3n) is 4.69. The molecule has 1 aliphatic heterocycles. The van der Waals surface area contributed by atoms with Crippen LogP contribution in [0, 0.1) is 0 Å². The molecule has 0 bridgehead atoms. The fourth-order valence-corrected chi connectivity index (χ4v) is 3.34. The van der Waals surface area contributed by atoms with Gasteiger partial charge in [-0.15, -0.1) is 0 Å². The van der Waals surface area contributed by atoms with Crippen LogP contribution in [0.3, 0.4) is 0 Å². The van der Waals surface area contributed by atoms with Gasteiger partial charge in [0.05, 0.1) is 11.4 Å². The highest BCUT2D eigenvalue weighted by Gasteiger charge is 2.28. The smallest absolute Gasteiger partial charge is 0.151 e. The van der Waals surface area contributed by atoms with E-state index in [1.54, 1.807) is 0 Å². The molecule has 0 unspecified atom stereocenters. The van der Waals surface area contributed by atoms with Crippen molar-refractivity contribution >= 4 is 11.4 Å². The number of benzene rings is 2. The topological polar surface area (TPSA) is 12.5 Å². The molecule has 0 atom stereocenters. The largest absolute Gasteiger partial charge is 0.453 e. The van der Waals surface area contributed by atoms with Crippen molar-refractivity contribution in [2.75, 3.05) is 4.90 Å². The zero-order valence-electron chi connectivity index (χ0n) is 14.5. The Bertz CT molecular complexity index is 822. The summed E-state index contributed by atoms with van der Waals surface area (Å²) in [4.78, 5) is 2.35. The summed E-state index contributed by atoms with van der Waals surface area (Å²) in [6, 6.07) is 17.2. The SMILES string of the molecule is CC(C)(C)c1ccc(N2C3=C(C=CCC3)Oc3ccccc32)cc1. The van der Waals surface area contributed by atoms with Gasteiger partial charge < -0.3 is 9.64 Å². The first kappa shape index (κ1) is 15.1. The minimum atomic E-state index is 0.166. The van der Waals surface area contributed by atoms with Gasteiger partial charge in [0, 0.05) is 5.69 Å². The lowest BCUT2D eigenvalue weighted by molar-refractivity contribution is 0.421. The number of hydrogen-bond acceptors (Lipinski definition) is 2. The zero-order valence-corrected chi connectivity index (χ0v) is 14.5. The van der Waals surface area contributed by atoms with Crippen molar-refractivity contribution < 1.29 is 4.74 Å². The van der Waals surface area contributed by atoms with E-state index in [1.807, 2.05) is 12.1 Å². The van der Waals surface area contributed by atoms with E-state index >= 15 is 0 Å². The Kier molecular flexibility index (Phi) is 3.49. The molecule has 0 amide bonds. The second kappa shape index (κ2) is 5.55. The van der Waals surface area contributed by atoms with Gasteiger partial charge in [0.1, 0.15) is 5.76 Å². The van der Waals surface area contributed by atoms with Crippen molar-refractivity contribution in [1.82, 2.24) is 0 Å². The van der Waals surface area contributed by atoms with Gasteiger partial charge in [-0.05, 0) is 54.2 Å². The summed E-state index contributed by atoms with van der Waals surface area (Å²) < 4.78 is 6.12. The third-order valence-corrected chi connectivity index (χ3v) is 4.69. The van der Waals surface area contributed by atoms with E-state index in [0.717, 1.165) is 30.0 Å². The predicted octanol–water partition coefficient (Wildman–Crippen LogP) is 6.08. The van der Waals surface area contributed by atoms with Crippen LogP contribution < -0.4 is 9.64 Å². The van der Waals surface area contributed by atoms with Gasteiger partial charge in [0.2, 0.25) is 0 Å². The Labute approximate surface area is 144 Å². The molecular formula is C22H23NO. The summed E-state index contributed by atoms with van der Waals surface area (Å²) >= 11 is 0. The second-order valence-electron chi connectivity index (χ2n) is 7.45. The van der Waals surface area contributed by atoms with Crippen molar-refractivity contribution in [2.24, 2.45) is 0 Å². The lowest BCUT2D eigenvalue weighted by atomic mass is 9.87. The molecule has 2 heteroatoms. The first-order chi connectivity index (χ1) is 11.5. The molecule has 0 saturated carbocycles. The summed E-state index contributed by atoms with van der Waals surface area (Å²) in [5, 5.41) is 0. The summed E-state index contributed by atoms with van der Waals surface area (Å²) in [5.41, 5.74) is 5.08. The first-order valence-corrected chi connectivity index (χ1v) is 8.61. The molecule has 0 spiro atoms. The highest BCUT2D eigenvalue weighted by molar-refractivity contribution is 5.76. The van der Waals surface area contributed by atoms with Crippen molar-refractivity contribution in [2.45, 2.75) is 39.0 Å². The quantitative estimate of drug-likeness (QED) is 0.632. The second-order valence-corrected chi connectivity index (χ2v) is 7.45. The third kappa shape index (κ3) is 2.52. The average Bonchev–Trinajstić information content (AvgIpc) is 2.59. The van der Waals surface area contributed by atoms with Gasteiger partial charge in [0.15, 0.2) is 5.75 Å². The van der Waals surface area contributed by atoms with Crippen LogP contribution in [0.25, 0.3) is 0 Å². The summed E-state index contributed by atoms with van der Waals surface area (Å²) in [6.45, 7) is 6.75. The van der Waals surface area contributed by atoms with E-state index in [9.17, 15) is 0 Å². The Morgan fingerprint density at radius 1 is 0.958 bits per heavy atom. The molecule has 2 aliphatic rings. The van der Waals surface area contributed by atoms with Gasteiger partial charge in [-0.25, -0.2) is 0 Å². The molecule has 2 aromatic rings. The number of anilines is 2. The molecule has 4 rings (SSSR count). The fraction of sp³-hybridized carbons (Fsp3) is 0.273.